The van der Waals surface area contributed by atoms with Crippen molar-refractivity contribution in [3.63, 3.8) is 0 Å². The summed E-state index contributed by atoms with van der Waals surface area (Å²) in [4.78, 5) is 11.3. The molecule has 0 aromatic heterocycles. The van der Waals surface area contributed by atoms with Crippen LogP contribution in [-0.2, 0) is 4.79 Å². The summed E-state index contributed by atoms with van der Waals surface area (Å²) in [6, 6.07) is 5.81. The Hall–Kier alpha value is -1.02. The zero-order valence-electron chi connectivity index (χ0n) is 8.60. The summed E-state index contributed by atoms with van der Waals surface area (Å²) in [5, 5.41) is 1.93. The number of halogens is 1. The minimum Gasteiger partial charge on any atom is -0.358 e. The van der Waals surface area contributed by atoms with Crippen molar-refractivity contribution >= 4 is 17.5 Å². The van der Waals surface area contributed by atoms with Crippen LogP contribution in [0.3, 0.4) is 0 Å². The number of alkyl halides is 1. The number of benzene rings is 1. The Morgan fingerprint density at radius 1 is 1.36 bits per heavy atom. The van der Waals surface area contributed by atoms with Crippen LogP contribution in [0.1, 0.15) is 22.1 Å². The van der Waals surface area contributed by atoms with Crippen LogP contribution in [-0.4, -0.2) is 13.0 Å². The van der Waals surface area contributed by atoms with Crippen molar-refractivity contribution in [2.24, 2.45) is 0 Å². The Morgan fingerprint density at radius 2 is 2.00 bits per heavy atom. The second-order valence-corrected chi connectivity index (χ2v) is 3.76. The molecule has 76 valence electrons. The second kappa shape index (κ2) is 4.47. The summed E-state index contributed by atoms with van der Waals surface area (Å²) >= 11 is 5.97. The smallest absolute Gasteiger partial charge is 0.242 e. The van der Waals surface area contributed by atoms with Gasteiger partial charge >= 0.3 is 0 Å². The van der Waals surface area contributed by atoms with E-state index in [1.165, 1.54) is 5.56 Å². The van der Waals surface area contributed by atoms with Gasteiger partial charge in [-0.25, -0.2) is 0 Å². The molecular weight excluding hydrogens is 198 g/mol. The third-order valence-electron chi connectivity index (χ3n) is 2.30. The molecule has 0 saturated heterocycles. The standard InChI is InChI=1S/C11H14ClNO/c1-7-4-5-9(6-8(7)2)10(12)11(14)13-3/h4-6,10H,1-3H3,(H,13,14). The Balaban J connectivity index is 2.96. The van der Waals surface area contributed by atoms with E-state index in [2.05, 4.69) is 5.32 Å². The summed E-state index contributed by atoms with van der Waals surface area (Å²) in [5.41, 5.74) is 3.20. The first-order valence-electron chi connectivity index (χ1n) is 4.49. The van der Waals surface area contributed by atoms with Crippen molar-refractivity contribution in [1.29, 1.82) is 0 Å². The van der Waals surface area contributed by atoms with Gasteiger partial charge in [-0.05, 0) is 30.5 Å². The molecule has 2 nitrogen and oxygen atoms in total. The predicted octanol–water partition coefficient (Wildman–Crippen LogP) is 2.33. The highest BCUT2D eigenvalue weighted by Crippen LogP contribution is 2.22. The maximum Gasteiger partial charge on any atom is 0.242 e. The first-order chi connectivity index (χ1) is 6.56. The minimum absolute atomic E-state index is 0.171. The molecule has 14 heavy (non-hydrogen) atoms. The van der Waals surface area contributed by atoms with Gasteiger partial charge in [0.2, 0.25) is 5.91 Å². The number of carbonyl (C=O) groups excluding carboxylic acids is 1. The van der Waals surface area contributed by atoms with Crippen molar-refractivity contribution in [1.82, 2.24) is 5.32 Å². The van der Waals surface area contributed by atoms with E-state index in [9.17, 15) is 4.79 Å². The molecule has 0 aliphatic heterocycles. The Morgan fingerprint density at radius 3 is 2.50 bits per heavy atom. The Bertz CT molecular complexity index is 349. The van der Waals surface area contributed by atoms with Crippen molar-refractivity contribution in [3.05, 3.63) is 34.9 Å². The van der Waals surface area contributed by atoms with Gasteiger partial charge in [-0.3, -0.25) is 4.79 Å². The molecule has 1 amide bonds. The molecule has 1 unspecified atom stereocenters. The van der Waals surface area contributed by atoms with Crippen LogP contribution in [0.25, 0.3) is 0 Å². The monoisotopic (exact) mass is 211 g/mol. The van der Waals surface area contributed by atoms with E-state index in [-0.39, 0.29) is 5.91 Å². The molecule has 0 aliphatic rings. The van der Waals surface area contributed by atoms with Crippen LogP contribution in [0.5, 0.6) is 0 Å². The lowest BCUT2D eigenvalue weighted by Crippen LogP contribution is -2.22. The zero-order chi connectivity index (χ0) is 10.7. The highest BCUT2D eigenvalue weighted by Gasteiger charge is 2.15. The molecule has 1 rings (SSSR count). The minimum atomic E-state index is -0.598. The highest BCUT2D eigenvalue weighted by molar-refractivity contribution is 6.30. The third kappa shape index (κ3) is 2.26. The van der Waals surface area contributed by atoms with E-state index in [0.717, 1.165) is 11.1 Å². The fraction of sp³-hybridized carbons (Fsp3) is 0.364. The normalized spacial score (nSPS) is 12.3. The van der Waals surface area contributed by atoms with Gasteiger partial charge < -0.3 is 5.32 Å². The quantitative estimate of drug-likeness (QED) is 0.748. The van der Waals surface area contributed by atoms with E-state index < -0.39 is 5.38 Å². The molecule has 0 heterocycles. The number of hydrogen-bond donors (Lipinski definition) is 1. The summed E-state index contributed by atoms with van der Waals surface area (Å²) < 4.78 is 0. The number of aryl methyl sites for hydroxylation is 2. The lowest BCUT2D eigenvalue weighted by Gasteiger charge is -2.10. The molecule has 1 N–H and O–H groups in total. The van der Waals surface area contributed by atoms with Gasteiger partial charge in [0.25, 0.3) is 0 Å². The van der Waals surface area contributed by atoms with Crippen LogP contribution in [0.15, 0.2) is 18.2 Å². The first kappa shape index (κ1) is 11.1. The predicted molar refractivity (Wildman–Crippen MR) is 58.6 cm³/mol. The lowest BCUT2D eigenvalue weighted by molar-refractivity contribution is -0.120. The van der Waals surface area contributed by atoms with Gasteiger partial charge in [-0.1, -0.05) is 18.2 Å². The molecular formula is C11H14ClNO. The molecule has 0 bridgehead atoms. The van der Waals surface area contributed by atoms with Crippen LogP contribution >= 0.6 is 11.6 Å². The number of nitrogens with one attached hydrogen (secondary N) is 1. The molecule has 0 radical (unpaired) electrons. The molecule has 1 aromatic rings. The summed E-state index contributed by atoms with van der Waals surface area (Å²) in [6.45, 7) is 4.04. The van der Waals surface area contributed by atoms with Gasteiger partial charge in [-0.15, -0.1) is 11.6 Å². The average molecular weight is 212 g/mol. The van der Waals surface area contributed by atoms with Gasteiger partial charge in [0.15, 0.2) is 0 Å². The second-order valence-electron chi connectivity index (χ2n) is 3.32. The van der Waals surface area contributed by atoms with Crippen molar-refractivity contribution < 1.29 is 4.79 Å². The van der Waals surface area contributed by atoms with Crippen molar-refractivity contribution in [2.45, 2.75) is 19.2 Å². The van der Waals surface area contributed by atoms with Crippen molar-refractivity contribution in [3.8, 4) is 0 Å². The molecule has 1 atom stereocenters. The van der Waals surface area contributed by atoms with Gasteiger partial charge in [-0.2, -0.15) is 0 Å². The van der Waals surface area contributed by atoms with E-state index in [4.69, 9.17) is 11.6 Å². The largest absolute Gasteiger partial charge is 0.358 e. The van der Waals surface area contributed by atoms with Crippen LogP contribution < -0.4 is 5.32 Å². The summed E-state index contributed by atoms with van der Waals surface area (Å²) in [7, 11) is 1.58. The molecule has 0 fully saturated rings. The van der Waals surface area contributed by atoms with E-state index in [1.54, 1.807) is 7.05 Å². The maximum atomic E-state index is 11.3. The van der Waals surface area contributed by atoms with Crippen LogP contribution in [0.4, 0.5) is 0 Å². The number of likely N-dealkylation sites (N-methyl/N-ethyl adjacent to an activating group) is 1. The van der Waals surface area contributed by atoms with E-state index in [1.807, 2.05) is 32.0 Å². The first-order valence-corrected chi connectivity index (χ1v) is 4.92. The zero-order valence-corrected chi connectivity index (χ0v) is 9.35. The third-order valence-corrected chi connectivity index (χ3v) is 2.75. The summed E-state index contributed by atoms with van der Waals surface area (Å²) in [5.74, 6) is -0.171. The van der Waals surface area contributed by atoms with E-state index in [0.29, 0.717) is 0 Å². The van der Waals surface area contributed by atoms with Crippen LogP contribution in [0, 0.1) is 13.8 Å². The summed E-state index contributed by atoms with van der Waals surface area (Å²) in [6.07, 6.45) is 0. The van der Waals surface area contributed by atoms with Gasteiger partial charge in [0, 0.05) is 7.05 Å². The Labute approximate surface area is 89.3 Å². The maximum absolute atomic E-state index is 11.3. The highest BCUT2D eigenvalue weighted by atomic mass is 35.5. The van der Waals surface area contributed by atoms with E-state index >= 15 is 0 Å². The van der Waals surface area contributed by atoms with Crippen LogP contribution in [0.2, 0.25) is 0 Å². The molecule has 1 aromatic carbocycles. The fourth-order valence-corrected chi connectivity index (χ4v) is 1.45. The molecule has 0 aliphatic carbocycles. The topological polar surface area (TPSA) is 29.1 Å². The molecule has 0 saturated carbocycles. The number of carbonyl (C=O) groups is 1. The van der Waals surface area contributed by atoms with Gasteiger partial charge in [0.05, 0.1) is 0 Å². The van der Waals surface area contributed by atoms with Crippen molar-refractivity contribution in [2.75, 3.05) is 7.05 Å². The molecule has 3 heteroatoms. The lowest BCUT2D eigenvalue weighted by atomic mass is 10.0. The molecule has 0 spiro atoms. The number of amides is 1. The van der Waals surface area contributed by atoms with Gasteiger partial charge in [0.1, 0.15) is 5.38 Å². The Kier molecular flexibility index (Phi) is 3.53. The average Bonchev–Trinajstić information content (AvgIpc) is 2.20. The fourth-order valence-electron chi connectivity index (χ4n) is 1.20. The number of hydrogen-bond acceptors (Lipinski definition) is 1. The number of rotatable bonds is 2. The SMILES string of the molecule is CNC(=O)C(Cl)c1ccc(C)c(C)c1.